The zero-order chi connectivity index (χ0) is 15.8. The van der Waals surface area contributed by atoms with Crippen molar-refractivity contribution in [2.24, 2.45) is 0 Å². The number of hydrogen-bond acceptors (Lipinski definition) is 4. The minimum atomic E-state index is -0.223. The van der Waals surface area contributed by atoms with Gasteiger partial charge in [0, 0.05) is 19.6 Å². The second kappa shape index (κ2) is 6.09. The Balaban J connectivity index is 1.57. The van der Waals surface area contributed by atoms with Crippen molar-refractivity contribution in [1.29, 1.82) is 0 Å². The number of nitrogens with zero attached hydrogens (tertiary/aromatic N) is 2. The molecule has 0 radical (unpaired) electrons. The van der Waals surface area contributed by atoms with Gasteiger partial charge in [-0.1, -0.05) is 12.5 Å². The molecule has 124 valence electrons. The van der Waals surface area contributed by atoms with Crippen molar-refractivity contribution in [3.8, 4) is 0 Å². The van der Waals surface area contributed by atoms with Crippen LogP contribution in [-0.2, 0) is 9.53 Å². The van der Waals surface area contributed by atoms with Crippen LogP contribution in [0, 0.1) is 5.82 Å². The van der Waals surface area contributed by atoms with Crippen LogP contribution >= 0.6 is 0 Å². The van der Waals surface area contributed by atoms with Gasteiger partial charge in [-0.2, -0.15) is 0 Å². The fourth-order valence-electron chi connectivity index (χ4n) is 3.89. The Morgan fingerprint density at radius 2 is 2.00 bits per heavy atom. The number of nitrogens with one attached hydrogen (secondary N) is 1. The molecule has 1 aromatic rings. The molecule has 5 nitrogen and oxygen atoms in total. The first-order valence-electron chi connectivity index (χ1n) is 8.42. The van der Waals surface area contributed by atoms with Crippen LogP contribution in [0.4, 0.5) is 10.1 Å². The van der Waals surface area contributed by atoms with Crippen molar-refractivity contribution in [3.63, 3.8) is 0 Å². The Labute approximate surface area is 135 Å². The smallest absolute Gasteiger partial charge is 0.238 e. The van der Waals surface area contributed by atoms with Gasteiger partial charge in [0.2, 0.25) is 5.91 Å². The first-order chi connectivity index (χ1) is 11.2. The average molecular weight is 319 g/mol. The van der Waals surface area contributed by atoms with Crippen LogP contribution < -0.4 is 10.2 Å². The highest BCUT2D eigenvalue weighted by Gasteiger charge is 2.41. The maximum absolute atomic E-state index is 14.6. The van der Waals surface area contributed by atoms with Gasteiger partial charge < -0.3 is 15.0 Å². The standard InChI is InChI=1S/C17H22FN3O2/c18-13-11-12(4-5-14(13)20-7-9-23-10-8-20)16-19-17(22)15-3-1-2-6-21(15)16/h4-5,11,15-16H,1-3,6-10H2,(H,19,22)/t15-,16+/m1/s1. The molecule has 1 amide bonds. The van der Waals surface area contributed by atoms with Gasteiger partial charge in [-0.25, -0.2) is 4.39 Å². The van der Waals surface area contributed by atoms with Crippen LogP contribution in [0.1, 0.15) is 31.0 Å². The van der Waals surface area contributed by atoms with Crippen molar-refractivity contribution in [2.75, 3.05) is 37.7 Å². The van der Waals surface area contributed by atoms with Crippen LogP contribution in [0.25, 0.3) is 0 Å². The van der Waals surface area contributed by atoms with Crippen molar-refractivity contribution in [2.45, 2.75) is 31.5 Å². The van der Waals surface area contributed by atoms with Gasteiger partial charge in [-0.05, 0) is 30.5 Å². The lowest BCUT2D eigenvalue weighted by molar-refractivity contribution is -0.122. The number of anilines is 1. The van der Waals surface area contributed by atoms with E-state index in [9.17, 15) is 9.18 Å². The fourth-order valence-corrected chi connectivity index (χ4v) is 3.89. The topological polar surface area (TPSA) is 44.8 Å². The van der Waals surface area contributed by atoms with Crippen LogP contribution in [-0.4, -0.2) is 49.7 Å². The van der Waals surface area contributed by atoms with Gasteiger partial charge in [0.25, 0.3) is 0 Å². The molecule has 0 spiro atoms. The first-order valence-corrected chi connectivity index (χ1v) is 8.42. The molecule has 1 N–H and O–H groups in total. The molecule has 1 aromatic carbocycles. The summed E-state index contributed by atoms with van der Waals surface area (Å²) in [5.41, 5.74) is 1.45. The highest BCUT2D eigenvalue weighted by Crippen LogP contribution is 2.33. The van der Waals surface area contributed by atoms with Crippen molar-refractivity contribution >= 4 is 11.6 Å². The lowest BCUT2D eigenvalue weighted by atomic mass is 10.0. The third kappa shape index (κ3) is 2.70. The highest BCUT2D eigenvalue weighted by atomic mass is 19.1. The molecule has 0 aromatic heterocycles. The number of carbonyl (C=O) groups is 1. The molecule has 0 saturated carbocycles. The summed E-state index contributed by atoms with van der Waals surface area (Å²) < 4.78 is 19.9. The lowest BCUT2D eigenvalue weighted by Crippen LogP contribution is -2.38. The van der Waals surface area contributed by atoms with Crippen molar-refractivity contribution in [1.82, 2.24) is 10.2 Å². The van der Waals surface area contributed by atoms with E-state index in [0.717, 1.165) is 31.4 Å². The minimum Gasteiger partial charge on any atom is -0.378 e. The molecule has 0 bridgehead atoms. The Morgan fingerprint density at radius 1 is 1.17 bits per heavy atom. The van der Waals surface area contributed by atoms with Gasteiger partial charge in [0.15, 0.2) is 0 Å². The van der Waals surface area contributed by atoms with Crippen molar-refractivity contribution in [3.05, 3.63) is 29.6 Å². The summed E-state index contributed by atoms with van der Waals surface area (Å²) in [6.07, 6.45) is 2.89. The third-order valence-corrected chi connectivity index (χ3v) is 5.10. The molecule has 4 rings (SSSR count). The number of fused-ring (bicyclic) bond motifs is 1. The number of morpholine rings is 1. The molecule has 6 heteroatoms. The van der Waals surface area contributed by atoms with Gasteiger partial charge >= 0.3 is 0 Å². The lowest BCUT2D eigenvalue weighted by Gasteiger charge is -2.32. The summed E-state index contributed by atoms with van der Waals surface area (Å²) in [7, 11) is 0. The maximum atomic E-state index is 14.6. The van der Waals surface area contributed by atoms with Crippen LogP contribution in [0.5, 0.6) is 0 Å². The maximum Gasteiger partial charge on any atom is 0.238 e. The Kier molecular flexibility index (Phi) is 3.95. The molecule has 23 heavy (non-hydrogen) atoms. The normalized spacial score (nSPS) is 28.6. The second-order valence-electron chi connectivity index (χ2n) is 6.47. The van der Waals surface area contributed by atoms with Gasteiger partial charge in [0.1, 0.15) is 12.0 Å². The number of ether oxygens (including phenoxy) is 1. The Morgan fingerprint density at radius 3 is 2.78 bits per heavy atom. The van der Waals surface area contributed by atoms with E-state index in [0.29, 0.717) is 32.0 Å². The summed E-state index contributed by atoms with van der Waals surface area (Å²) >= 11 is 0. The summed E-state index contributed by atoms with van der Waals surface area (Å²) in [5, 5.41) is 3.03. The molecule has 0 unspecified atom stereocenters. The van der Waals surface area contributed by atoms with E-state index in [1.54, 1.807) is 6.07 Å². The van der Waals surface area contributed by atoms with E-state index in [-0.39, 0.29) is 23.9 Å². The number of amides is 1. The highest BCUT2D eigenvalue weighted by molar-refractivity contribution is 5.84. The van der Waals surface area contributed by atoms with Crippen LogP contribution in [0.3, 0.4) is 0 Å². The van der Waals surface area contributed by atoms with E-state index < -0.39 is 0 Å². The average Bonchev–Trinajstić information content (AvgIpc) is 2.93. The van der Waals surface area contributed by atoms with E-state index in [4.69, 9.17) is 4.74 Å². The number of rotatable bonds is 2. The van der Waals surface area contributed by atoms with Crippen molar-refractivity contribution < 1.29 is 13.9 Å². The number of halogens is 1. The van der Waals surface area contributed by atoms with E-state index in [1.807, 2.05) is 17.0 Å². The fraction of sp³-hybridized carbons (Fsp3) is 0.588. The van der Waals surface area contributed by atoms with Gasteiger partial charge in [-0.15, -0.1) is 0 Å². The molecule has 0 aliphatic carbocycles. The zero-order valence-corrected chi connectivity index (χ0v) is 13.1. The zero-order valence-electron chi connectivity index (χ0n) is 13.1. The number of benzene rings is 1. The van der Waals surface area contributed by atoms with Gasteiger partial charge in [-0.3, -0.25) is 9.69 Å². The van der Waals surface area contributed by atoms with Crippen LogP contribution in [0.15, 0.2) is 18.2 Å². The molecule has 3 aliphatic rings. The summed E-state index contributed by atoms with van der Waals surface area (Å²) in [6.45, 7) is 3.58. The Bertz CT molecular complexity index is 604. The largest absolute Gasteiger partial charge is 0.378 e. The molecule has 2 atom stereocenters. The van der Waals surface area contributed by atoms with E-state index >= 15 is 0 Å². The molecule has 3 heterocycles. The quantitative estimate of drug-likeness (QED) is 0.900. The molecule has 3 fully saturated rings. The van der Waals surface area contributed by atoms with E-state index in [1.165, 1.54) is 0 Å². The molecular formula is C17H22FN3O2. The predicted molar refractivity (Wildman–Crippen MR) is 84.7 cm³/mol. The molecule has 3 saturated heterocycles. The Hall–Kier alpha value is -1.66. The summed E-state index contributed by atoms with van der Waals surface area (Å²) in [6, 6.07) is 5.30. The third-order valence-electron chi connectivity index (χ3n) is 5.10. The summed E-state index contributed by atoms with van der Waals surface area (Å²) in [5.74, 6) is -0.147. The van der Waals surface area contributed by atoms with Gasteiger partial charge in [0.05, 0.1) is 24.9 Å². The van der Waals surface area contributed by atoms with Crippen LogP contribution in [0.2, 0.25) is 0 Å². The number of piperidine rings is 1. The number of hydrogen-bond donors (Lipinski definition) is 1. The molecule has 3 aliphatic heterocycles. The monoisotopic (exact) mass is 319 g/mol. The second-order valence-corrected chi connectivity index (χ2v) is 6.47. The number of carbonyl (C=O) groups excluding carboxylic acids is 1. The molecular weight excluding hydrogens is 297 g/mol. The summed E-state index contributed by atoms with van der Waals surface area (Å²) in [4.78, 5) is 16.3. The predicted octanol–water partition coefficient (Wildman–Crippen LogP) is 1.65. The first kappa shape index (κ1) is 14.9. The SMILES string of the molecule is O=C1N[C@H](c2ccc(N3CCOCC3)c(F)c2)N2CCCC[C@H]12. The van der Waals surface area contributed by atoms with E-state index in [2.05, 4.69) is 10.2 Å². The minimum absolute atomic E-state index is 0.0456.